The maximum absolute atomic E-state index is 12.7. The number of halogens is 3. The minimum Gasteiger partial charge on any atom is -0.329 e. The fourth-order valence-corrected chi connectivity index (χ4v) is 3.47. The molecule has 2 N–H and O–H groups in total. The van der Waals surface area contributed by atoms with Crippen LogP contribution in [0.25, 0.3) is 0 Å². The third-order valence-corrected chi connectivity index (χ3v) is 5.67. The largest absolute Gasteiger partial charge is 0.416 e. The van der Waals surface area contributed by atoms with E-state index in [0.717, 1.165) is 32.0 Å². The molecule has 1 aromatic carbocycles. The van der Waals surface area contributed by atoms with Crippen molar-refractivity contribution in [3.05, 3.63) is 35.4 Å². The molecule has 6 heteroatoms. The van der Waals surface area contributed by atoms with Crippen LogP contribution in [0.5, 0.6) is 0 Å². The van der Waals surface area contributed by atoms with Crippen molar-refractivity contribution in [2.45, 2.75) is 30.3 Å². The first-order valence-electron chi connectivity index (χ1n) is 7.02. The van der Waals surface area contributed by atoms with Gasteiger partial charge in [-0.3, -0.25) is 4.90 Å². The van der Waals surface area contributed by atoms with E-state index in [4.69, 9.17) is 5.73 Å². The predicted molar refractivity (Wildman–Crippen MR) is 81.3 cm³/mol. The number of rotatable bonds is 4. The van der Waals surface area contributed by atoms with Crippen molar-refractivity contribution < 1.29 is 13.2 Å². The topological polar surface area (TPSA) is 29.3 Å². The summed E-state index contributed by atoms with van der Waals surface area (Å²) in [5, 5.41) is 0. The Kier molecular flexibility index (Phi) is 5.22. The number of thioether (sulfide) groups is 1. The van der Waals surface area contributed by atoms with Crippen molar-refractivity contribution in [3.8, 4) is 0 Å². The van der Waals surface area contributed by atoms with Gasteiger partial charge in [0, 0.05) is 17.8 Å². The van der Waals surface area contributed by atoms with E-state index in [1.54, 1.807) is 17.8 Å². The average molecular weight is 318 g/mol. The SMILES string of the molecule is CSC1(CN)CCN(Cc2cccc(C(F)(F)F)c2)CC1. The van der Waals surface area contributed by atoms with E-state index in [1.165, 1.54) is 12.1 Å². The number of alkyl halides is 3. The van der Waals surface area contributed by atoms with E-state index in [2.05, 4.69) is 11.2 Å². The Hall–Kier alpha value is -0.720. The molecule has 1 saturated heterocycles. The lowest BCUT2D eigenvalue weighted by Crippen LogP contribution is -2.46. The average Bonchev–Trinajstić information content (AvgIpc) is 2.48. The summed E-state index contributed by atoms with van der Waals surface area (Å²) in [6.45, 7) is 2.99. The molecule has 2 nitrogen and oxygen atoms in total. The van der Waals surface area contributed by atoms with Crippen LogP contribution in [-0.4, -0.2) is 35.5 Å². The first-order chi connectivity index (χ1) is 9.88. The lowest BCUT2D eigenvalue weighted by atomic mass is 9.95. The summed E-state index contributed by atoms with van der Waals surface area (Å²) in [4.78, 5) is 2.21. The van der Waals surface area contributed by atoms with Gasteiger partial charge in [-0.15, -0.1) is 0 Å². The van der Waals surface area contributed by atoms with Crippen molar-refractivity contribution in [2.75, 3.05) is 25.9 Å². The highest BCUT2D eigenvalue weighted by atomic mass is 32.2. The van der Waals surface area contributed by atoms with Crippen molar-refractivity contribution in [3.63, 3.8) is 0 Å². The molecule has 0 unspecified atom stereocenters. The number of hydrogen-bond acceptors (Lipinski definition) is 3. The third-order valence-electron chi connectivity index (χ3n) is 4.23. The number of nitrogens with zero attached hydrogens (tertiary/aromatic N) is 1. The second-order valence-corrected chi connectivity index (χ2v) is 6.84. The molecule has 0 aromatic heterocycles. The van der Waals surface area contributed by atoms with Crippen molar-refractivity contribution >= 4 is 11.8 Å². The lowest BCUT2D eigenvalue weighted by Gasteiger charge is -2.40. The van der Waals surface area contributed by atoms with Crippen molar-refractivity contribution in [1.29, 1.82) is 0 Å². The highest BCUT2D eigenvalue weighted by molar-refractivity contribution is 8.00. The van der Waals surface area contributed by atoms with Crippen LogP contribution in [0, 0.1) is 0 Å². The van der Waals surface area contributed by atoms with E-state index in [-0.39, 0.29) is 4.75 Å². The summed E-state index contributed by atoms with van der Waals surface area (Å²) in [5.74, 6) is 0. The molecule has 118 valence electrons. The highest BCUT2D eigenvalue weighted by Gasteiger charge is 2.33. The van der Waals surface area contributed by atoms with Crippen LogP contribution in [-0.2, 0) is 12.7 Å². The Labute approximate surface area is 127 Å². The smallest absolute Gasteiger partial charge is 0.329 e. The number of piperidine rings is 1. The summed E-state index contributed by atoms with van der Waals surface area (Å²) in [5.41, 5.74) is 6.00. The second kappa shape index (κ2) is 6.58. The lowest BCUT2D eigenvalue weighted by molar-refractivity contribution is -0.137. The Morgan fingerprint density at radius 2 is 1.95 bits per heavy atom. The summed E-state index contributed by atoms with van der Waals surface area (Å²) in [6.07, 6.45) is -0.214. The van der Waals surface area contributed by atoms with Crippen LogP contribution in [0.3, 0.4) is 0 Å². The Bertz CT molecular complexity index is 462. The molecule has 0 radical (unpaired) electrons. The minimum atomic E-state index is -4.27. The standard InChI is InChI=1S/C15H21F3N2S/c1-21-14(11-19)5-7-20(8-6-14)10-12-3-2-4-13(9-12)15(16,17)18/h2-4,9H,5-8,10-11,19H2,1H3. The van der Waals surface area contributed by atoms with Crippen LogP contribution in [0.1, 0.15) is 24.0 Å². The van der Waals surface area contributed by atoms with Gasteiger partial charge in [0.2, 0.25) is 0 Å². The molecule has 1 heterocycles. The highest BCUT2D eigenvalue weighted by Crippen LogP contribution is 2.34. The van der Waals surface area contributed by atoms with Crippen molar-refractivity contribution in [1.82, 2.24) is 4.90 Å². The normalized spacial score (nSPS) is 19.7. The number of hydrogen-bond donors (Lipinski definition) is 1. The van der Waals surface area contributed by atoms with Crippen LogP contribution < -0.4 is 5.73 Å². The van der Waals surface area contributed by atoms with Gasteiger partial charge in [-0.2, -0.15) is 24.9 Å². The molecule has 1 fully saturated rings. The molecular formula is C15H21F3N2S. The third kappa shape index (κ3) is 4.14. The first-order valence-corrected chi connectivity index (χ1v) is 8.25. The van der Waals surface area contributed by atoms with Gasteiger partial charge in [0.25, 0.3) is 0 Å². The molecule has 0 aliphatic carbocycles. The zero-order valence-electron chi connectivity index (χ0n) is 12.1. The van der Waals surface area contributed by atoms with Gasteiger partial charge in [0.1, 0.15) is 0 Å². The van der Waals surface area contributed by atoms with Gasteiger partial charge in [-0.1, -0.05) is 18.2 Å². The van der Waals surface area contributed by atoms with E-state index >= 15 is 0 Å². The maximum atomic E-state index is 12.7. The quantitative estimate of drug-likeness (QED) is 0.923. The fraction of sp³-hybridized carbons (Fsp3) is 0.600. The zero-order valence-corrected chi connectivity index (χ0v) is 12.9. The van der Waals surface area contributed by atoms with Crippen LogP contribution in [0.4, 0.5) is 13.2 Å². The van der Waals surface area contributed by atoms with E-state index < -0.39 is 11.7 Å². The van der Waals surface area contributed by atoms with E-state index in [9.17, 15) is 13.2 Å². The molecule has 2 rings (SSSR count). The van der Waals surface area contributed by atoms with Gasteiger partial charge >= 0.3 is 6.18 Å². The molecule has 0 atom stereocenters. The second-order valence-electron chi connectivity index (χ2n) is 5.57. The summed E-state index contributed by atoms with van der Waals surface area (Å²) in [7, 11) is 0. The number of benzene rings is 1. The summed E-state index contributed by atoms with van der Waals surface area (Å²) in [6, 6.07) is 5.61. The Balaban J connectivity index is 1.98. The predicted octanol–water partition coefficient (Wildman–Crippen LogP) is 3.36. The molecular weight excluding hydrogens is 297 g/mol. The molecule has 0 saturated carbocycles. The van der Waals surface area contributed by atoms with Gasteiger partial charge in [0.05, 0.1) is 5.56 Å². The Morgan fingerprint density at radius 3 is 2.48 bits per heavy atom. The minimum absolute atomic E-state index is 0.143. The van der Waals surface area contributed by atoms with E-state index in [0.29, 0.717) is 18.7 Å². The van der Waals surface area contributed by atoms with Gasteiger partial charge in [0.15, 0.2) is 0 Å². The Morgan fingerprint density at radius 1 is 1.29 bits per heavy atom. The monoisotopic (exact) mass is 318 g/mol. The first kappa shape index (κ1) is 16.6. The molecule has 21 heavy (non-hydrogen) atoms. The zero-order chi connectivity index (χ0) is 15.5. The molecule has 0 bridgehead atoms. The fourth-order valence-electron chi connectivity index (χ4n) is 2.71. The van der Waals surface area contributed by atoms with E-state index in [1.807, 2.05) is 0 Å². The van der Waals surface area contributed by atoms with Crippen LogP contribution >= 0.6 is 11.8 Å². The molecule has 1 aliphatic heterocycles. The maximum Gasteiger partial charge on any atom is 0.416 e. The molecule has 1 aliphatic rings. The van der Waals surface area contributed by atoms with Gasteiger partial charge < -0.3 is 5.73 Å². The van der Waals surface area contributed by atoms with Crippen molar-refractivity contribution in [2.24, 2.45) is 5.73 Å². The molecule has 0 spiro atoms. The number of likely N-dealkylation sites (tertiary alicyclic amines) is 1. The molecule has 0 amide bonds. The van der Waals surface area contributed by atoms with Gasteiger partial charge in [-0.05, 0) is 43.8 Å². The number of nitrogens with two attached hydrogens (primary N) is 1. The molecule has 1 aromatic rings. The van der Waals surface area contributed by atoms with Crippen LogP contribution in [0.15, 0.2) is 24.3 Å². The van der Waals surface area contributed by atoms with Crippen LogP contribution in [0.2, 0.25) is 0 Å². The summed E-state index contributed by atoms with van der Waals surface area (Å²) >= 11 is 1.81. The summed E-state index contributed by atoms with van der Waals surface area (Å²) < 4.78 is 38.3. The van der Waals surface area contributed by atoms with Gasteiger partial charge in [-0.25, -0.2) is 0 Å².